The van der Waals surface area contributed by atoms with Crippen molar-refractivity contribution in [1.82, 2.24) is 10.6 Å². The maximum Gasteiger partial charge on any atom is 0.417 e. The molecule has 0 bridgehead atoms. The summed E-state index contributed by atoms with van der Waals surface area (Å²) >= 11 is 2.92. The van der Waals surface area contributed by atoms with Crippen molar-refractivity contribution in [3.8, 4) is 6.07 Å². The second-order valence-electron chi connectivity index (χ2n) is 7.32. The predicted octanol–water partition coefficient (Wildman–Crippen LogP) is 3.88. The molecule has 2 N–H and O–H groups in total. The molecule has 0 saturated heterocycles. The molecule has 1 unspecified atom stereocenters. The monoisotopic (exact) mass is 463 g/mol. The van der Waals surface area contributed by atoms with E-state index in [1.165, 1.54) is 19.9 Å². The van der Waals surface area contributed by atoms with Gasteiger partial charge in [-0.05, 0) is 44.9 Å². The Morgan fingerprint density at radius 1 is 1.29 bits per heavy atom. The number of alkyl halides is 4. The van der Waals surface area contributed by atoms with Gasteiger partial charge in [-0.15, -0.1) is 0 Å². The molecule has 1 atom stereocenters. The number of nitriles is 1. The maximum atomic E-state index is 14.1. The van der Waals surface area contributed by atoms with Crippen LogP contribution in [-0.2, 0) is 11.0 Å². The minimum absolute atomic E-state index is 0.125. The number of carbonyl (C=O) groups excluding carboxylic acids is 2. The van der Waals surface area contributed by atoms with Gasteiger partial charge in [0.05, 0.1) is 17.2 Å². The van der Waals surface area contributed by atoms with Gasteiger partial charge >= 0.3 is 6.18 Å². The molecule has 1 aliphatic rings. The summed E-state index contributed by atoms with van der Waals surface area (Å²) in [5, 5.41) is 13.7. The molecular weight excluding hydrogens is 446 g/mol. The van der Waals surface area contributed by atoms with Gasteiger partial charge in [0.15, 0.2) is 0 Å². The average molecular weight is 464 g/mol. The molecule has 0 spiro atoms. The van der Waals surface area contributed by atoms with E-state index in [2.05, 4.69) is 26.6 Å². The molecule has 5 nitrogen and oxygen atoms in total. The first-order valence-corrected chi connectivity index (χ1v) is 9.15. The number of benzene rings is 1. The van der Waals surface area contributed by atoms with Gasteiger partial charge in [0.25, 0.3) is 5.91 Å². The van der Waals surface area contributed by atoms with E-state index in [1.807, 2.05) is 6.07 Å². The first-order chi connectivity index (χ1) is 12.8. The van der Waals surface area contributed by atoms with Crippen LogP contribution in [0, 0.1) is 11.3 Å². The zero-order valence-electron chi connectivity index (χ0n) is 15.1. The third kappa shape index (κ3) is 5.67. The summed E-state index contributed by atoms with van der Waals surface area (Å²) in [6, 6.07) is 3.46. The topological polar surface area (TPSA) is 82.0 Å². The lowest BCUT2D eigenvalue weighted by Gasteiger charge is -2.25. The molecule has 1 aliphatic carbocycles. The SMILES string of the molecule is CC(C)(F)CC(NC(=O)c1ccc(Br)cc1C(F)(F)F)C(=O)NC1(C#N)CC1. The first kappa shape index (κ1) is 22.1. The number of nitrogens with one attached hydrogen (secondary N) is 2. The van der Waals surface area contributed by atoms with E-state index < -0.39 is 52.8 Å². The quantitative estimate of drug-likeness (QED) is 0.628. The van der Waals surface area contributed by atoms with Crippen molar-refractivity contribution in [2.24, 2.45) is 0 Å². The van der Waals surface area contributed by atoms with E-state index in [0.717, 1.165) is 12.1 Å². The minimum Gasteiger partial charge on any atom is -0.340 e. The molecule has 1 fully saturated rings. The minimum atomic E-state index is -4.80. The summed E-state index contributed by atoms with van der Waals surface area (Å²) in [6.07, 6.45) is -4.43. The summed E-state index contributed by atoms with van der Waals surface area (Å²) in [4.78, 5) is 24.9. The molecule has 0 aliphatic heterocycles. The molecule has 2 amide bonds. The maximum absolute atomic E-state index is 14.1. The lowest BCUT2D eigenvalue weighted by Crippen LogP contribution is -2.52. The van der Waals surface area contributed by atoms with Crippen molar-refractivity contribution in [3.05, 3.63) is 33.8 Å². The van der Waals surface area contributed by atoms with Gasteiger partial charge in [-0.1, -0.05) is 15.9 Å². The van der Waals surface area contributed by atoms with Crippen LogP contribution in [0.1, 0.15) is 49.0 Å². The Labute approximate surface area is 167 Å². The van der Waals surface area contributed by atoms with Gasteiger partial charge in [0, 0.05) is 10.9 Å². The molecule has 28 heavy (non-hydrogen) atoms. The van der Waals surface area contributed by atoms with Gasteiger partial charge in [0.2, 0.25) is 5.91 Å². The van der Waals surface area contributed by atoms with Gasteiger partial charge in [0.1, 0.15) is 17.2 Å². The smallest absolute Gasteiger partial charge is 0.340 e. The van der Waals surface area contributed by atoms with Crippen molar-refractivity contribution < 1.29 is 27.2 Å². The predicted molar refractivity (Wildman–Crippen MR) is 95.9 cm³/mol. The zero-order valence-corrected chi connectivity index (χ0v) is 16.7. The highest BCUT2D eigenvalue weighted by atomic mass is 79.9. The third-order valence-corrected chi connectivity index (χ3v) is 4.66. The van der Waals surface area contributed by atoms with Crippen LogP contribution in [0.2, 0.25) is 0 Å². The number of nitrogens with zero attached hydrogens (tertiary/aromatic N) is 1. The highest BCUT2D eigenvalue weighted by Crippen LogP contribution is 2.35. The van der Waals surface area contributed by atoms with Crippen LogP contribution in [0.25, 0.3) is 0 Å². The number of halogens is 5. The van der Waals surface area contributed by atoms with Crippen LogP contribution in [0.3, 0.4) is 0 Å². The van der Waals surface area contributed by atoms with Crippen LogP contribution in [0.4, 0.5) is 17.6 Å². The van der Waals surface area contributed by atoms with E-state index in [-0.39, 0.29) is 4.47 Å². The summed E-state index contributed by atoms with van der Waals surface area (Å²) < 4.78 is 54.0. The Balaban J connectivity index is 2.28. The second-order valence-corrected chi connectivity index (χ2v) is 8.24. The number of rotatable bonds is 6. The second kappa shape index (κ2) is 7.70. The van der Waals surface area contributed by atoms with Crippen LogP contribution in [-0.4, -0.2) is 29.1 Å². The fourth-order valence-electron chi connectivity index (χ4n) is 2.59. The molecule has 1 aromatic carbocycles. The van der Waals surface area contributed by atoms with Crippen molar-refractivity contribution in [2.45, 2.75) is 56.5 Å². The van der Waals surface area contributed by atoms with Crippen molar-refractivity contribution in [3.63, 3.8) is 0 Å². The van der Waals surface area contributed by atoms with Crippen LogP contribution in [0.15, 0.2) is 22.7 Å². The van der Waals surface area contributed by atoms with Crippen molar-refractivity contribution in [2.75, 3.05) is 0 Å². The van der Waals surface area contributed by atoms with Gasteiger partial charge in [-0.3, -0.25) is 9.59 Å². The zero-order chi connectivity index (χ0) is 21.3. The molecular formula is C18H18BrF4N3O2. The van der Waals surface area contributed by atoms with E-state index in [1.54, 1.807) is 0 Å². The van der Waals surface area contributed by atoms with E-state index >= 15 is 0 Å². The molecule has 152 valence electrons. The Morgan fingerprint density at radius 2 is 1.89 bits per heavy atom. The third-order valence-electron chi connectivity index (χ3n) is 4.17. The van der Waals surface area contributed by atoms with E-state index in [0.29, 0.717) is 12.8 Å². The molecule has 10 heteroatoms. The highest BCUT2D eigenvalue weighted by molar-refractivity contribution is 9.10. The molecule has 1 saturated carbocycles. The van der Waals surface area contributed by atoms with Gasteiger partial charge in [-0.2, -0.15) is 18.4 Å². The molecule has 0 aromatic heterocycles. The molecule has 1 aromatic rings. The number of carbonyl (C=O) groups is 2. The van der Waals surface area contributed by atoms with Gasteiger partial charge < -0.3 is 10.6 Å². The number of amides is 2. The normalized spacial score (nSPS) is 16.6. The van der Waals surface area contributed by atoms with Crippen LogP contribution in [0.5, 0.6) is 0 Å². The van der Waals surface area contributed by atoms with Crippen molar-refractivity contribution >= 4 is 27.7 Å². The summed E-state index contributed by atoms with van der Waals surface area (Å²) in [7, 11) is 0. The number of hydrogen-bond donors (Lipinski definition) is 2. The van der Waals surface area contributed by atoms with Crippen LogP contribution < -0.4 is 10.6 Å². The molecule has 2 rings (SSSR count). The Morgan fingerprint density at radius 3 is 2.36 bits per heavy atom. The molecule has 0 radical (unpaired) electrons. The Hall–Kier alpha value is -2.15. The van der Waals surface area contributed by atoms with Crippen molar-refractivity contribution in [1.29, 1.82) is 5.26 Å². The Bertz CT molecular complexity index is 824. The summed E-state index contributed by atoms with van der Waals surface area (Å²) in [5.74, 6) is -1.98. The lowest BCUT2D eigenvalue weighted by molar-refractivity contribution is -0.138. The van der Waals surface area contributed by atoms with E-state index in [4.69, 9.17) is 5.26 Å². The van der Waals surface area contributed by atoms with Gasteiger partial charge in [-0.25, -0.2) is 4.39 Å². The summed E-state index contributed by atoms with van der Waals surface area (Å²) in [5.41, 5.74) is -4.82. The highest BCUT2D eigenvalue weighted by Gasteiger charge is 2.46. The fraction of sp³-hybridized carbons (Fsp3) is 0.500. The van der Waals surface area contributed by atoms with E-state index in [9.17, 15) is 27.2 Å². The average Bonchev–Trinajstić information content (AvgIpc) is 3.32. The standard InChI is InChI=1S/C18H18BrF4N3O2/c1-16(2,20)8-13(15(28)26-17(9-24)5-6-17)25-14(27)11-4-3-10(19)7-12(11)18(21,22)23/h3-4,7,13H,5-6,8H2,1-2H3,(H,25,27)(H,26,28). The fourth-order valence-corrected chi connectivity index (χ4v) is 2.95. The number of hydrogen-bond acceptors (Lipinski definition) is 3. The summed E-state index contributed by atoms with van der Waals surface area (Å²) in [6.45, 7) is 2.36. The Kier molecular flexibility index (Phi) is 6.09. The first-order valence-electron chi connectivity index (χ1n) is 8.36. The molecule has 0 heterocycles. The lowest BCUT2D eigenvalue weighted by atomic mass is 9.98. The largest absolute Gasteiger partial charge is 0.417 e. The van der Waals surface area contributed by atoms with Crippen LogP contribution >= 0.6 is 15.9 Å².